The standard InChI is InChI=1S/C17H26N2O2/c1-13-11-15(12-21-13)17(20)19-10-4-2-3-5-16(19)14-6-8-18-9-7-14/h11-12,14,16,18H,2-10H2,1H3. The van der Waals surface area contributed by atoms with Crippen LogP contribution in [0.1, 0.15) is 54.6 Å². The summed E-state index contributed by atoms with van der Waals surface area (Å²) in [4.78, 5) is 15.0. The first-order valence-corrected chi connectivity index (χ1v) is 8.32. The summed E-state index contributed by atoms with van der Waals surface area (Å²) in [5.41, 5.74) is 0.716. The molecule has 4 heteroatoms. The van der Waals surface area contributed by atoms with Gasteiger partial charge in [0.2, 0.25) is 0 Å². The van der Waals surface area contributed by atoms with Gasteiger partial charge in [-0.1, -0.05) is 12.8 Å². The molecule has 2 saturated heterocycles. The minimum absolute atomic E-state index is 0.164. The van der Waals surface area contributed by atoms with Crippen LogP contribution in [0.5, 0.6) is 0 Å². The number of hydrogen-bond acceptors (Lipinski definition) is 3. The molecule has 0 aromatic carbocycles. The van der Waals surface area contributed by atoms with Crippen LogP contribution in [-0.4, -0.2) is 36.5 Å². The zero-order valence-corrected chi connectivity index (χ0v) is 12.9. The summed E-state index contributed by atoms with van der Waals surface area (Å²) in [6.45, 7) is 4.98. The largest absolute Gasteiger partial charge is 0.469 e. The van der Waals surface area contributed by atoms with Gasteiger partial charge < -0.3 is 14.6 Å². The first-order chi connectivity index (χ1) is 10.3. The van der Waals surface area contributed by atoms with Gasteiger partial charge in [0.1, 0.15) is 12.0 Å². The second kappa shape index (κ2) is 6.65. The zero-order chi connectivity index (χ0) is 14.7. The Kier molecular flexibility index (Phi) is 4.63. The van der Waals surface area contributed by atoms with Crippen LogP contribution in [0.3, 0.4) is 0 Å². The molecule has 1 N–H and O–H groups in total. The molecule has 1 aromatic rings. The Labute approximate surface area is 126 Å². The first kappa shape index (κ1) is 14.6. The number of furan rings is 1. The Balaban J connectivity index is 1.79. The summed E-state index contributed by atoms with van der Waals surface area (Å²) >= 11 is 0. The van der Waals surface area contributed by atoms with Crippen LogP contribution in [0.25, 0.3) is 0 Å². The van der Waals surface area contributed by atoms with E-state index in [1.807, 2.05) is 13.0 Å². The Morgan fingerprint density at radius 2 is 2.05 bits per heavy atom. The van der Waals surface area contributed by atoms with E-state index >= 15 is 0 Å². The lowest BCUT2D eigenvalue weighted by molar-refractivity contribution is 0.0581. The second-order valence-corrected chi connectivity index (χ2v) is 6.45. The van der Waals surface area contributed by atoms with Crippen LogP contribution in [0.4, 0.5) is 0 Å². The maximum Gasteiger partial charge on any atom is 0.257 e. The number of carbonyl (C=O) groups excluding carboxylic acids is 1. The third kappa shape index (κ3) is 3.31. The lowest BCUT2D eigenvalue weighted by atomic mass is 9.86. The Morgan fingerprint density at radius 1 is 1.24 bits per heavy atom. The molecule has 116 valence electrons. The lowest BCUT2D eigenvalue weighted by Crippen LogP contribution is -2.47. The number of rotatable bonds is 2. The predicted molar refractivity (Wildman–Crippen MR) is 82.3 cm³/mol. The van der Waals surface area contributed by atoms with Crippen LogP contribution in [0, 0.1) is 12.8 Å². The van der Waals surface area contributed by atoms with E-state index in [2.05, 4.69) is 10.2 Å². The van der Waals surface area contributed by atoms with Crippen molar-refractivity contribution < 1.29 is 9.21 Å². The van der Waals surface area contributed by atoms with Crippen molar-refractivity contribution in [2.45, 2.75) is 51.5 Å². The average molecular weight is 290 g/mol. The van der Waals surface area contributed by atoms with Gasteiger partial charge in [-0.2, -0.15) is 0 Å². The van der Waals surface area contributed by atoms with E-state index in [9.17, 15) is 4.79 Å². The van der Waals surface area contributed by atoms with Crippen LogP contribution < -0.4 is 5.32 Å². The van der Waals surface area contributed by atoms with Gasteiger partial charge in [0.05, 0.1) is 5.56 Å². The molecule has 1 atom stereocenters. The molecule has 1 amide bonds. The average Bonchev–Trinajstić information content (AvgIpc) is 2.81. The number of likely N-dealkylation sites (tertiary alicyclic amines) is 1. The summed E-state index contributed by atoms with van der Waals surface area (Å²) in [7, 11) is 0. The van der Waals surface area contributed by atoms with Gasteiger partial charge in [0, 0.05) is 12.6 Å². The lowest BCUT2D eigenvalue weighted by Gasteiger charge is -2.38. The summed E-state index contributed by atoms with van der Waals surface area (Å²) in [6.07, 6.45) is 8.79. The minimum atomic E-state index is 0.164. The number of nitrogens with one attached hydrogen (secondary N) is 1. The van der Waals surface area contributed by atoms with E-state index in [4.69, 9.17) is 4.42 Å². The molecule has 0 spiro atoms. The SMILES string of the molecule is Cc1cc(C(=O)N2CCCCCC2C2CCNCC2)co1. The van der Waals surface area contributed by atoms with Crippen molar-refractivity contribution in [1.82, 2.24) is 10.2 Å². The van der Waals surface area contributed by atoms with E-state index in [0.29, 0.717) is 17.5 Å². The monoisotopic (exact) mass is 290 g/mol. The van der Waals surface area contributed by atoms with Crippen LogP contribution in [0.2, 0.25) is 0 Å². The molecule has 4 nitrogen and oxygen atoms in total. The van der Waals surface area contributed by atoms with Crippen molar-refractivity contribution in [3.05, 3.63) is 23.7 Å². The molecule has 2 fully saturated rings. The maximum absolute atomic E-state index is 12.9. The third-order valence-corrected chi connectivity index (χ3v) is 4.97. The summed E-state index contributed by atoms with van der Waals surface area (Å²) in [6, 6.07) is 2.28. The van der Waals surface area contributed by atoms with Gasteiger partial charge in [0.15, 0.2) is 0 Å². The van der Waals surface area contributed by atoms with Crippen LogP contribution in [-0.2, 0) is 0 Å². The zero-order valence-electron chi connectivity index (χ0n) is 12.9. The molecule has 0 bridgehead atoms. The molecular formula is C17H26N2O2. The van der Waals surface area contributed by atoms with Crippen molar-refractivity contribution in [3.63, 3.8) is 0 Å². The van der Waals surface area contributed by atoms with Gasteiger partial charge in [-0.05, 0) is 57.7 Å². The Bertz CT molecular complexity index is 477. The van der Waals surface area contributed by atoms with Crippen molar-refractivity contribution in [3.8, 4) is 0 Å². The molecule has 2 aliphatic heterocycles. The minimum Gasteiger partial charge on any atom is -0.469 e. The van der Waals surface area contributed by atoms with E-state index in [1.165, 1.54) is 25.7 Å². The third-order valence-electron chi connectivity index (χ3n) is 4.97. The number of aryl methyl sites for hydroxylation is 1. The maximum atomic E-state index is 12.9. The Morgan fingerprint density at radius 3 is 2.76 bits per heavy atom. The highest BCUT2D eigenvalue weighted by Gasteiger charge is 2.33. The van der Waals surface area contributed by atoms with Crippen molar-refractivity contribution >= 4 is 5.91 Å². The van der Waals surface area contributed by atoms with Gasteiger partial charge >= 0.3 is 0 Å². The molecule has 1 unspecified atom stereocenters. The number of amides is 1. The second-order valence-electron chi connectivity index (χ2n) is 6.45. The number of hydrogen-bond donors (Lipinski definition) is 1. The summed E-state index contributed by atoms with van der Waals surface area (Å²) in [5, 5.41) is 3.43. The molecule has 21 heavy (non-hydrogen) atoms. The molecular weight excluding hydrogens is 264 g/mol. The number of carbonyl (C=O) groups is 1. The van der Waals surface area contributed by atoms with E-state index < -0.39 is 0 Å². The van der Waals surface area contributed by atoms with Crippen molar-refractivity contribution in [1.29, 1.82) is 0 Å². The topological polar surface area (TPSA) is 45.5 Å². The quantitative estimate of drug-likeness (QED) is 0.911. The van der Waals surface area contributed by atoms with Gasteiger partial charge in [-0.25, -0.2) is 0 Å². The van der Waals surface area contributed by atoms with Crippen molar-refractivity contribution in [2.24, 2.45) is 5.92 Å². The van der Waals surface area contributed by atoms with Crippen molar-refractivity contribution in [2.75, 3.05) is 19.6 Å². The molecule has 0 aliphatic carbocycles. The smallest absolute Gasteiger partial charge is 0.257 e. The summed E-state index contributed by atoms with van der Waals surface area (Å²) in [5.74, 6) is 1.63. The fourth-order valence-corrected chi connectivity index (χ4v) is 3.83. The highest BCUT2D eigenvalue weighted by molar-refractivity contribution is 5.94. The highest BCUT2D eigenvalue weighted by Crippen LogP contribution is 2.29. The van der Waals surface area contributed by atoms with Gasteiger partial charge in [0.25, 0.3) is 5.91 Å². The molecule has 2 aliphatic rings. The van der Waals surface area contributed by atoms with E-state index in [-0.39, 0.29) is 5.91 Å². The fraction of sp³-hybridized carbons (Fsp3) is 0.706. The molecule has 3 rings (SSSR count). The Hall–Kier alpha value is -1.29. The molecule has 3 heterocycles. The van der Waals surface area contributed by atoms with E-state index in [0.717, 1.165) is 38.2 Å². The molecule has 0 saturated carbocycles. The highest BCUT2D eigenvalue weighted by atomic mass is 16.3. The molecule has 0 radical (unpaired) electrons. The molecule has 1 aromatic heterocycles. The number of nitrogens with zero attached hydrogens (tertiary/aromatic N) is 1. The first-order valence-electron chi connectivity index (χ1n) is 8.32. The van der Waals surface area contributed by atoms with Crippen LogP contribution >= 0.6 is 0 Å². The van der Waals surface area contributed by atoms with Crippen LogP contribution in [0.15, 0.2) is 16.7 Å². The fourth-order valence-electron chi connectivity index (χ4n) is 3.83. The summed E-state index contributed by atoms with van der Waals surface area (Å²) < 4.78 is 5.33. The van der Waals surface area contributed by atoms with Gasteiger partial charge in [-0.3, -0.25) is 4.79 Å². The normalized spacial score (nSPS) is 24.8. The number of piperidine rings is 1. The van der Waals surface area contributed by atoms with E-state index in [1.54, 1.807) is 6.26 Å². The van der Waals surface area contributed by atoms with Gasteiger partial charge in [-0.15, -0.1) is 0 Å². The predicted octanol–water partition coefficient (Wildman–Crippen LogP) is 2.97.